The molecule has 0 spiro atoms. The Bertz CT molecular complexity index is 487. The summed E-state index contributed by atoms with van der Waals surface area (Å²) in [4.78, 5) is 14.6. The normalized spacial score (nSPS) is 10.6. The van der Waals surface area contributed by atoms with Gasteiger partial charge in [0.1, 0.15) is 5.58 Å². The van der Waals surface area contributed by atoms with Crippen LogP contribution in [0, 0.1) is 6.92 Å². The number of carbonyl (C=O) groups is 1. The molecule has 72 valence electrons. The van der Waals surface area contributed by atoms with E-state index in [9.17, 15) is 4.79 Å². The Kier molecular flexibility index (Phi) is 1.96. The molecule has 0 unspecified atom stereocenters. The van der Waals surface area contributed by atoms with Gasteiger partial charge < -0.3 is 9.52 Å². The SMILES string of the molecule is Cc1cc2occ(CC(=O)O)c2cn1. The van der Waals surface area contributed by atoms with Gasteiger partial charge in [0.2, 0.25) is 0 Å². The summed E-state index contributed by atoms with van der Waals surface area (Å²) in [6.45, 7) is 1.86. The lowest BCUT2D eigenvalue weighted by atomic mass is 10.1. The molecular formula is C10H9NO3. The summed E-state index contributed by atoms with van der Waals surface area (Å²) in [5.41, 5.74) is 2.21. The standard InChI is InChI=1S/C10H9NO3/c1-6-2-9-8(4-11-6)7(5-14-9)3-10(12)13/h2,4-5H,3H2,1H3,(H,12,13). The van der Waals surface area contributed by atoms with E-state index in [1.165, 1.54) is 6.26 Å². The third kappa shape index (κ3) is 1.46. The molecule has 0 bridgehead atoms. The van der Waals surface area contributed by atoms with E-state index in [2.05, 4.69) is 4.98 Å². The lowest BCUT2D eigenvalue weighted by Crippen LogP contribution is -1.98. The van der Waals surface area contributed by atoms with Crippen LogP contribution in [0.15, 0.2) is 22.9 Å². The smallest absolute Gasteiger partial charge is 0.307 e. The second-order valence-electron chi connectivity index (χ2n) is 3.15. The van der Waals surface area contributed by atoms with Crippen molar-refractivity contribution in [2.24, 2.45) is 0 Å². The molecule has 2 aromatic rings. The van der Waals surface area contributed by atoms with Gasteiger partial charge in [-0.2, -0.15) is 0 Å². The van der Waals surface area contributed by atoms with E-state index in [0.717, 1.165) is 11.1 Å². The summed E-state index contributed by atoms with van der Waals surface area (Å²) < 4.78 is 5.23. The van der Waals surface area contributed by atoms with Crippen molar-refractivity contribution in [3.8, 4) is 0 Å². The van der Waals surface area contributed by atoms with Crippen LogP contribution in [0.5, 0.6) is 0 Å². The maximum Gasteiger partial charge on any atom is 0.307 e. The van der Waals surface area contributed by atoms with Gasteiger partial charge >= 0.3 is 5.97 Å². The van der Waals surface area contributed by atoms with E-state index < -0.39 is 5.97 Å². The highest BCUT2D eigenvalue weighted by molar-refractivity contribution is 5.84. The number of hydrogen-bond donors (Lipinski definition) is 1. The van der Waals surface area contributed by atoms with Crippen LogP contribution in [0.4, 0.5) is 0 Å². The highest BCUT2D eigenvalue weighted by Crippen LogP contribution is 2.21. The summed E-state index contributed by atoms with van der Waals surface area (Å²) in [6.07, 6.45) is 3.09. The van der Waals surface area contributed by atoms with Gasteiger partial charge in [-0.15, -0.1) is 0 Å². The maximum absolute atomic E-state index is 10.5. The number of rotatable bonds is 2. The lowest BCUT2D eigenvalue weighted by molar-refractivity contribution is -0.136. The Labute approximate surface area is 80.2 Å². The van der Waals surface area contributed by atoms with E-state index in [-0.39, 0.29) is 6.42 Å². The van der Waals surface area contributed by atoms with E-state index in [1.54, 1.807) is 12.3 Å². The molecule has 2 heterocycles. The third-order valence-corrected chi connectivity index (χ3v) is 2.02. The fraction of sp³-hybridized carbons (Fsp3) is 0.200. The molecular weight excluding hydrogens is 182 g/mol. The summed E-state index contributed by atoms with van der Waals surface area (Å²) in [5, 5.41) is 9.41. The maximum atomic E-state index is 10.5. The molecule has 4 heteroatoms. The molecule has 1 N–H and O–H groups in total. The van der Waals surface area contributed by atoms with Crippen molar-refractivity contribution in [1.82, 2.24) is 4.98 Å². The number of carboxylic acids is 1. The third-order valence-electron chi connectivity index (χ3n) is 2.02. The van der Waals surface area contributed by atoms with Gasteiger partial charge in [-0.1, -0.05) is 0 Å². The Morgan fingerprint density at radius 1 is 1.64 bits per heavy atom. The first-order chi connectivity index (χ1) is 6.66. The van der Waals surface area contributed by atoms with Gasteiger partial charge in [-0.3, -0.25) is 9.78 Å². The van der Waals surface area contributed by atoms with Gasteiger partial charge in [0.25, 0.3) is 0 Å². The fourth-order valence-corrected chi connectivity index (χ4v) is 1.37. The number of pyridine rings is 1. The first-order valence-electron chi connectivity index (χ1n) is 4.21. The fourth-order valence-electron chi connectivity index (χ4n) is 1.37. The minimum Gasteiger partial charge on any atom is -0.481 e. The molecule has 4 nitrogen and oxygen atoms in total. The van der Waals surface area contributed by atoms with Crippen LogP contribution >= 0.6 is 0 Å². The molecule has 0 radical (unpaired) electrons. The van der Waals surface area contributed by atoms with Crippen molar-refractivity contribution in [2.45, 2.75) is 13.3 Å². The summed E-state index contributed by atoms with van der Waals surface area (Å²) in [7, 11) is 0. The Morgan fingerprint density at radius 2 is 2.43 bits per heavy atom. The first-order valence-corrected chi connectivity index (χ1v) is 4.21. The predicted octanol–water partition coefficient (Wildman–Crippen LogP) is 1.76. The lowest BCUT2D eigenvalue weighted by Gasteiger charge is -1.93. The highest BCUT2D eigenvalue weighted by atomic mass is 16.4. The van der Waals surface area contributed by atoms with Crippen molar-refractivity contribution in [2.75, 3.05) is 0 Å². The number of nitrogens with zero attached hydrogens (tertiary/aromatic N) is 1. The van der Waals surface area contributed by atoms with Gasteiger partial charge in [-0.25, -0.2) is 0 Å². The number of aromatic nitrogens is 1. The van der Waals surface area contributed by atoms with E-state index in [1.807, 2.05) is 6.92 Å². The van der Waals surface area contributed by atoms with Gasteiger partial charge in [0, 0.05) is 28.9 Å². The quantitative estimate of drug-likeness (QED) is 0.785. The predicted molar refractivity (Wildman–Crippen MR) is 50.1 cm³/mol. The van der Waals surface area contributed by atoms with Crippen molar-refractivity contribution in [3.63, 3.8) is 0 Å². The molecule has 0 saturated heterocycles. The monoisotopic (exact) mass is 191 g/mol. The molecule has 0 aliphatic heterocycles. The van der Waals surface area contributed by atoms with Gasteiger partial charge in [-0.05, 0) is 6.92 Å². The van der Waals surface area contributed by atoms with Crippen molar-refractivity contribution >= 4 is 16.9 Å². The van der Waals surface area contributed by atoms with Crippen LogP contribution in [0.25, 0.3) is 11.0 Å². The number of fused-ring (bicyclic) bond motifs is 1. The molecule has 0 aliphatic rings. The number of aliphatic carboxylic acids is 1. The minimum absolute atomic E-state index is 0.0300. The van der Waals surface area contributed by atoms with Gasteiger partial charge in [0.05, 0.1) is 12.7 Å². The molecule has 0 atom stereocenters. The first kappa shape index (κ1) is 8.74. The number of hydrogen-bond acceptors (Lipinski definition) is 3. The van der Waals surface area contributed by atoms with Crippen molar-refractivity contribution in [3.05, 3.63) is 29.8 Å². The van der Waals surface area contributed by atoms with Crippen LogP contribution in [-0.2, 0) is 11.2 Å². The average Bonchev–Trinajstić information content (AvgIpc) is 2.47. The molecule has 0 fully saturated rings. The Balaban J connectivity index is 2.52. The van der Waals surface area contributed by atoms with E-state index in [4.69, 9.17) is 9.52 Å². The van der Waals surface area contributed by atoms with Crippen LogP contribution in [0.1, 0.15) is 11.3 Å². The zero-order valence-corrected chi connectivity index (χ0v) is 7.65. The number of furan rings is 1. The molecule has 2 aromatic heterocycles. The van der Waals surface area contributed by atoms with Crippen LogP contribution in [0.3, 0.4) is 0 Å². The largest absolute Gasteiger partial charge is 0.481 e. The van der Waals surface area contributed by atoms with Crippen LogP contribution in [-0.4, -0.2) is 16.1 Å². The molecule has 14 heavy (non-hydrogen) atoms. The highest BCUT2D eigenvalue weighted by Gasteiger charge is 2.09. The minimum atomic E-state index is -0.867. The topological polar surface area (TPSA) is 63.3 Å². The average molecular weight is 191 g/mol. The summed E-state index contributed by atoms with van der Waals surface area (Å²) in [6, 6.07) is 1.79. The van der Waals surface area contributed by atoms with Crippen LogP contribution < -0.4 is 0 Å². The molecule has 0 aromatic carbocycles. The number of carboxylic acid groups (broad SMARTS) is 1. The van der Waals surface area contributed by atoms with E-state index in [0.29, 0.717) is 11.1 Å². The summed E-state index contributed by atoms with van der Waals surface area (Å²) in [5.74, 6) is -0.867. The zero-order valence-electron chi connectivity index (χ0n) is 7.65. The Morgan fingerprint density at radius 3 is 3.14 bits per heavy atom. The van der Waals surface area contributed by atoms with E-state index >= 15 is 0 Å². The second kappa shape index (κ2) is 3.14. The molecule has 0 saturated carbocycles. The Hall–Kier alpha value is -1.84. The molecule has 0 aliphatic carbocycles. The van der Waals surface area contributed by atoms with Gasteiger partial charge in [0.15, 0.2) is 0 Å². The second-order valence-corrected chi connectivity index (χ2v) is 3.15. The molecule has 2 rings (SSSR count). The van der Waals surface area contributed by atoms with Crippen LogP contribution in [0.2, 0.25) is 0 Å². The van der Waals surface area contributed by atoms with Crippen molar-refractivity contribution in [1.29, 1.82) is 0 Å². The summed E-state index contributed by atoms with van der Waals surface area (Å²) >= 11 is 0. The number of aryl methyl sites for hydroxylation is 1. The zero-order chi connectivity index (χ0) is 10.1. The van der Waals surface area contributed by atoms with Crippen molar-refractivity contribution < 1.29 is 14.3 Å². The molecule has 0 amide bonds.